The van der Waals surface area contributed by atoms with Gasteiger partial charge in [-0.1, -0.05) is 6.07 Å². The van der Waals surface area contributed by atoms with Gasteiger partial charge in [0.1, 0.15) is 6.61 Å². The maximum absolute atomic E-state index is 13.5. The van der Waals surface area contributed by atoms with E-state index in [9.17, 15) is 13.6 Å². The largest absolute Gasteiger partial charge is 0.489 e. The van der Waals surface area contributed by atoms with Crippen molar-refractivity contribution in [1.29, 1.82) is 0 Å². The molecular weight excluding hydrogens is 320 g/mol. The van der Waals surface area contributed by atoms with Gasteiger partial charge in [-0.25, -0.2) is 14.9 Å². The van der Waals surface area contributed by atoms with Crippen molar-refractivity contribution >= 4 is 16.9 Å². The van der Waals surface area contributed by atoms with Gasteiger partial charge in [0, 0.05) is 5.56 Å². The molecular formula is C16H13F2N3O3. The van der Waals surface area contributed by atoms with Crippen LogP contribution in [0.5, 0.6) is 5.75 Å². The molecule has 1 aromatic heterocycles. The van der Waals surface area contributed by atoms with E-state index < -0.39 is 17.5 Å². The summed E-state index contributed by atoms with van der Waals surface area (Å²) < 4.78 is 33.6. The Kier molecular flexibility index (Phi) is 4.39. The number of imidazole rings is 1. The fourth-order valence-electron chi connectivity index (χ4n) is 2.29. The number of nitrogens with zero attached hydrogens (tertiary/aromatic N) is 2. The third-order valence-corrected chi connectivity index (χ3v) is 3.49. The van der Waals surface area contributed by atoms with E-state index in [0.29, 0.717) is 17.6 Å². The second-order valence-corrected chi connectivity index (χ2v) is 4.98. The molecule has 3 aromatic rings. The summed E-state index contributed by atoms with van der Waals surface area (Å²) in [5.41, 5.74) is 3.14. The zero-order valence-corrected chi connectivity index (χ0v) is 12.4. The molecule has 0 saturated heterocycles. The van der Waals surface area contributed by atoms with Crippen LogP contribution in [0.3, 0.4) is 0 Å². The first kappa shape index (κ1) is 15.9. The molecule has 1 amide bonds. The maximum Gasteiger partial charge on any atom is 0.274 e. The Morgan fingerprint density at radius 3 is 2.92 bits per heavy atom. The highest BCUT2D eigenvalue weighted by Crippen LogP contribution is 2.20. The number of carbonyl (C=O) groups is 1. The molecule has 0 spiro atoms. The van der Waals surface area contributed by atoms with Gasteiger partial charge in [0.05, 0.1) is 23.9 Å². The van der Waals surface area contributed by atoms with E-state index in [1.54, 1.807) is 28.5 Å². The highest BCUT2D eigenvalue weighted by molar-refractivity contribution is 5.96. The zero-order chi connectivity index (χ0) is 17.1. The topological polar surface area (TPSA) is 76.4 Å². The fourth-order valence-corrected chi connectivity index (χ4v) is 2.29. The van der Waals surface area contributed by atoms with Gasteiger partial charge in [0.25, 0.3) is 5.91 Å². The van der Waals surface area contributed by atoms with Crippen molar-refractivity contribution in [2.75, 3.05) is 6.61 Å². The van der Waals surface area contributed by atoms with E-state index >= 15 is 0 Å². The first-order chi connectivity index (χ1) is 11.6. The normalized spacial score (nSPS) is 10.8. The number of carbonyl (C=O) groups excluding carboxylic acids is 1. The number of rotatable bonds is 5. The number of hydrogen-bond acceptors (Lipinski definition) is 4. The summed E-state index contributed by atoms with van der Waals surface area (Å²) >= 11 is 0. The van der Waals surface area contributed by atoms with Crippen LogP contribution in [-0.2, 0) is 6.54 Å². The molecule has 6 nitrogen and oxygen atoms in total. The van der Waals surface area contributed by atoms with E-state index in [4.69, 9.17) is 9.94 Å². The molecule has 0 atom stereocenters. The molecule has 124 valence electrons. The Balaban J connectivity index is 1.75. The zero-order valence-electron chi connectivity index (χ0n) is 12.4. The predicted octanol–water partition coefficient (Wildman–Crippen LogP) is 2.51. The molecule has 8 heteroatoms. The SMILES string of the molecule is O=C(NO)c1ccc2ncn(CCOc3cccc(F)c3F)c2c1. The lowest BCUT2D eigenvalue weighted by Gasteiger charge is -2.09. The van der Waals surface area contributed by atoms with Gasteiger partial charge in [-0.2, -0.15) is 4.39 Å². The summed E-state index contributed by atoms with van der Waals surface area (Å²) in [6.45, 7) is 0.402. The summed E-state index contributed by atoms with van der Waals surface area (Å²) in [6.07, 6.45) is 1.55. The minimum atomic E-state index is -1.03. The molecule has 1 heterocycles. The number of hydroxylamine groups is 1. The number of hydrogen-bond donors (Lipinski definition) is 2. The first-order valence-electron chi connectivity index (χ1n) is 7.06. The summed E-state index contributed by atoms with van der Waals surface area (Å²) in [6, 6.07) is 8.46. The van der Waals surface area contributed by atoms with Gasteiger partial charge in [-0.05, 0) is 30.3 Å². The molecule has 2 aromatic carbocycles. The number of fused-ring (bicyclic) bond motifs is 1. The van der Waals surface area contributed by atoms with Crippen LogP contribution in [-0.4, -0.2) is 27.3 Å². The molecule has 0 unspecified atom stereocenters. The number of amides is 1. The Bertz CT molecular complexity index is 895. The van der Waals surface area contributed by atoms with Crippen LogP contribution in [0.25, 0.3) is 11.0 Å². The minimum Gasteiger partial charge on any atom is -0.489 e. The molecule has 0 aliphatic carbocycles. The van der Waals surface area contributed by atoms with Gasteiger partial charge < -0.3 is 9.30 Å². The quantitative estimate of drug-likeness (QED) is 0.556. The van der Waals surface area contributed by atoms with Gasteiger partial charge >= 0.3 is 0 Å². The molecule has 0 saturated carbocycles. The third kappa shape index (κ3) is 3.04. The molecule has 2 N–H and O–H groups in total. The number of nitrogens with one attached hydrogen (secondary N) is 1. The molecule has 3 rings (SSSR count). The van der Waals surface area contributed by atoms with E-state index in [2.05, 4.69) is 4.98 Å². The summed E-state index contributed by atoms with van der Waals surface area (Å²) in [5.74, 6) is -2.81. The van der Waals surface area contributed by atoms with Gasteiger partial charge in [-0.15, -0.1) is 0 Å². The second-order valence-electron chi connectivity index (χ2n) is 4.98. The lowest BCUT2D eigenvalue weighted by atomic mass is 10.2. The second kappa shape index (κ2) is 6.63. The summed E-state index contributed by atoms with van der Waals surface area (Å²) in [5, 5.41) is 8.69. The molecule has 0 aliphatic heterocycles. The number of ether oxygens (including phenoxy) is 1. The van der Waals surface area contributed by atoms with Crippen molar-refractivity contribution in [2.24, 2.45) is 0 Å². The maximum atomic E-state index is 13.5. The van der Waals surface area contributed by atoms with Crippen LogP contribution >= 0.6 is 0 Å². The fraction of sp³-hybridized carbons (Fsp3) is 0.125. The van der Waals surface area contributed by atoms with E-state index in [-0.39, 0.29) is 17.9 Å². The summed E-state index contributed by atoms with van der Waals surface area (Å²) in [4.78, 5) is 15.6. The molecule has 0 fully saturated rings. The Labute approximate surface area is 135 Å². The lowest BCUT2D eigenvalue weighted by Crippen LogP contribution is -2.18. The van der Waals surface area contributed by atoms with Crippen LogP contribution in [0.15, 0.2) is 42.7 Å². The van der Waals surface area contributed by atoms with Crippen molar-refractivity contribution in [3.05, 3.63) is 59.9 Å². The smallest absolute Gasteiger partial charge is 0.274 e. The highest BCUT2D eigenvalue weighted by Gasteiger charge is 2.10. The lowest BCUT2D eigenvalue weighted by molar-refractivity contribution is 0.0706. The first-order valence-corrected chi connectivity index (χ1v) is 7.06. The van der Waals surface area contributed by atoms with Gasteiger partial charge in [0.2, 0.25) is 5.82 Å². The molecule has 0 radical (unpaired) electrons. The van der Waals surface area contributed by atoms with Crippen LogP contribution < -0.4 is 10.2 Å². The van der Waals surface area contributed by atoms with Crippen molar-refractivity contribution in [3.63, 3.8) is 0 Å². The van der Waals surface area contributed by atoms with Gasteiger partial charge in [0.15, 0.2) is 11.6 Å². The van der Waals surface area contributed by atoms with Crippen molar-refractivity contribution in [3.8, 4) is 5.75 Å². The van der Waals surface area contributed by atoms with E-state index in [1.165, 1.54) is 18.2 Å². The van der Waals surface area contributed by atoms with Gasteiger partial charge in [-0.3, -0.25) is 10.0 Å². The Morgan fingerprint density at radius 1 is 1.29 bits per heavy atom. The number of benzene rings is 2. The average Bonchev–Trinajstić information content (AvgIpc) is 3.00. The average molecular weight is 333 g/mol. The van der Waals surface area contributed by atoms with Crippen molar-refractivity contribution < 1.29 is 23.5 Å². The molecule has 0 aliphatic rings. The number of aromatic nitrogens is 2. The highest BCUT2D eigenvalue weighted by atomic mass is 19.2. The monoisotopic (exact) mass is 333 g/mol. The Hall–Kier alpha value is -3.00. The van der Waals surface area contributed by atoms with Crippen LogP contribution in [0, 0.1) is 11.6 Å². The van der Waals surface area contributed by atoms with Crippen molar-refractivity contribution in [1.82, 2.24) is 15.0 Å². The minimum absolute atomic E-state index is 0.0856. The standard InChI is InChI=1S/C16H13F2N3O3/c17-11-2-1-3-14(15(11)18)24-7-6-21-9-19-12-5-4-10(8-13(12)21)16(22)20-23/h1-5,8-9,23H,6-7H2,(H,20,22). The van der Waals surface area contributed by atoms with Crippen molar-refractivity contribution in [2.45, 2.75) is 6.54 Å². The summed E-state index contributed by atoms with van der Waals surface area (Å²) in [7, 11) is 0. The van der Waals surface area contributed by atoms with E-state index in [0.717, 1.165) is 6.07 Å². The van der Waals surface area contributed by atoms with Crippen LogP contribution in [0.2, 0.25) is 0 Å². The molecule has 24 heavy (non-hydrogen) atoms. The third-order valence-electron chi connectivity index (χ3n) is 3.49. The predicted molar refractivity (Wildman–Crippen MR) is 80.8 cm³/mol. The Morgan fingerprint density at radius 2 is 2.12 bits per heavy atom. The van der Waals surface area contributed by atoms with Crippen LogP contribution in [0.4, 0.5) is 8.78 Å². The van der Waals surface area contributed by atoms with E-state index in [1.807, 2.05) is 0 Å². The van der Waals surface area contributed by atoms with Crippen LogP contribution in [0.1, 0.15) is 10.4 Å². The molecule has 0 bridgehead atoms. The number of halogens is 2.